The van der Waals surface area contributed by atoms with Crippen LogP contribution in [0.15, 0.2) is 48.5 Å². The van der Waals surface area contributed by atoms with E-state index in [-0.39, 0.29) is 18.6 Å². The van der Waals surface area contributed by atoms with Crippen LogP contribution in [0.5, 0.6) is 0 Å². The maximum atomic E-state index is 12.2. The van der Waals surface area contributed by atoms with E-state index < -0.39 is 0 Å². The normalized spacial score (nSPS) is 11.9. The van der Waals surface area contributed by atoms with Crippen LogP contribution >= 0.6 is 0 Å². The van der Waals surface area contributed by atoms with Gasteiger partial charge in [-0.2, -0.15) is 0 Å². The minimum atomic E-state index is -0.317. The molecule has 0 saturated carbocycles. The van der Waals surface area contributed by atoms with Crippen LogP contribution < -0.4 is 11.1 Å². The first-order chi connectivity index (χ1) is 10.1. The molecule has 110 valence electrons. The summed E-state index contributed by atoms with van der Waals surface area (Å²) in [4.78, 5) is 12.2. The molecule has 4 heteroatoms. The predicted molar refractivity (Wildman–Crippen MR) is 84.1 cm³/mol. The van der Waals surface area contributed by atoms with E-state index in [0.717, 1.165) is 11.1 Å². The van der Waals surface area contributed by atoms with Crippen molar-refractivity contribution >= 4 is 11.6 Å². The summed E-state index contributed by atoms with van der Waals surface area (Å²) >= 11 is 0. The fourth-order valence-electron chi connectivity index (χ4n) is 2.11. The molecule has 2 rings (SSSR count). The highest BCUT2D eigenvalue weighted by molar-refractivity contribution is 5.95. The van der Waals surface area contributed by atoms with Crippen molar-refractivity contribution in [2.24, 2.45) is 0 Å². The number of nitrogens with two attached hydrogens (primary N) is 1. The largest absolute Gasteiger partial charge is 0.398 e. The number of aryl methyl sites for hydroxylation is 1. The third-order valence-corrected chi connectivity index (χ3v) is 3.42. The smallest absolute Gasteiger partial charge is 0.251 e. The standard InChI is InChI=1S/C17H20N2O2/c1-12-7-8-14(10-16(12)18)17(21)19-15(11-20)9-13-5-3-2-4-6-13/h2-8,10,15,20H,9,11,18H2,1H3,(H,19,21)/t15-/m1/s1. The SMILES string of the molecule is Cc1ccc(C(=O)N[C@@H](CO)Cc2ccccc2)cc1N. The highest BCUT2D eigenvalue weighted by atomic mass is 16.3. The predicted octanol–water partition coefficient (Wildman–Crippen LogP) is 1.91. The number of hydrogen-bond acceptors (Lipinski definition) is 3. The fourth-order valence-corrected chi connectivity index (χ4v) is 2.11. The van der Waals surface area contributed by atoms with Gasteiger partial charge < -0.3 is 16.2 Å². The maximum absolute atomic E-state index is 12.2. The number of nitrogen functional groups attached to an aromatic ring is 1. The number of hydrogen-bond donors (Lipinski definition) is 3. The number of carbonyl (C=O) groups is 1. The zero-order chi connectivity index (χ0) is 15.2. The van der Waals surface area contributed by atoms with Crippen LogP contribution in [0.25, 0.3) is 0 Å². The van der Waals surface area contributed by atoms with Crippen LogP contribution in [0.4, 0.5) is 5.69 Å². The molecule has 0 aliphatic carbocycles. The summed E-state index contributed by atoms with van der Waals surface area (Å²) in [7, 11) is 0. The van der Waals surface area contributed by atoms with Crippen LogP contribution in [0.1, 0.15) is 21.5 Å². The van der Waals surface area contributed by atoms with Gasteiger partial charge in [-0.05, 0) is 36.6 Å². The second kappa shape index (κ2) is 6.90. The highest BCUT2D eigenvalue weighted by Crippen LogP contribution is 2.13. The van der Waals surface area contributed by atoms with Gasteiger partial charge in [0.2, 0.25) is 0 Å². The molecule has 21 heavy (non-hydrogen) atoms. The third-order valence-electron chi connectivity index (χ3n) is 3.42. The Morgan fingerprint density at radius 2 is 1.95 bits per heavy atom. The molecule has 0 bridgehead atoms. The Bertz CT molecular complexity index is 611. The van der Waals surface area contributed by atoms with E-state index in [2.05, 4.69) is 5.32 Å². The first-order valence-corrected chi connectivity index (χ1v) is 6.92. The monoisotopic (exact) mass is 284 g/mol. The first-order valence-electron chi connectivity index (χ1n) is 6.92. The maximum Gasteiger partial charge on any atom is 0.251 e. The molecule has 0 unspecified atom stereocenters. The molecule has 0 heterocycles. The summed E-state index contributed by atoms with van der Waals surface area (Å²) in [5, 5.41) is 12.3. The molecular formula is C17H20N2O2. The van der Waals surface area contributed by atoms with Crippen LogP contribution in [0.3, 0.4) is 0 Å². The minimum absolute atomic E-state index is 0.109. The summed E-state index contributed by atoms with van der Waals surface area (Å²) in [5.41, 5.74) is 8.92. The summed E-state index contributed by atoms with van der Waals surface area (Å²) in [6.07, 6.45) is 0.588. The van der Waals surface area contributed by atoms with E-state index in [1.165, 1.54) is 0 Å². The van der Waals surface area contributed by atoms with Gasteiger partial charge >= 0.3 is 0 Å². The van der Waals surface area contributed by atoms with E-state index in [9.17, 15) is 9.90 Å². The molecule has 4 N–H and O–H groups in total. The molecule has 0 aliphatic heterocycles. The van der Waals surface area contributed by atoms with Gasteiger partial charge in [0, 0.05) is 11.3 Å². The van der Waals surface area contributed by atoms with Crippen molar-refractivity contribution in [3.05, 3.63) is 65.2 Å². The lowest BCUT2D eigenvalue weighted by Gasteiger charge is -2.17. The molecule has 2 aromatic rings. The van der Waals surface area contributed by atoms with Crippen molar-refractivity contribution in [1.82, 2.24) is 5.32 Å². The van der Waals surface area contributed by atoms with Crippen molar-refractivity contribution in [3.63, 3.8) is 0 Å². The number of rotatable bonds is 5. The molecule has 0 saturated heterocycles. The van der Waals surface area contributed by atoms with Gasteiger partial charge in [0.1, 0.15) is 0 Å². The Morgan fingerprint density at radius 1 is 1.24 bits per heavy atom. The van der Waals surface area contributed by atoms with Gasteiger partial charge in [-0.25, -0.2) is 0 Å². The van der Waals surface area contributed by atoms with E-state index in [0.29, 0.717) is 17.7 Å². The quantitative estimate of drug-likeness (QED) is 0.734. The number of aliphatic hydroxyl groups is 1. The van der Waals surface area contributed by atoms with E-state index >= 15 is 0 Å². The zero-order valence-corrected chi connectivity index (χ0v) is 12.0. The first kappa shape index (κ1) is 15.1. The van der Waals surface area contributed by atoms with E-state index in [4.69, 9.17) is 5.73 Å². The Morgan fingerprint density at radius 3 is 2.57 bits per heavy atom. The van der Waals surface area contributed by atoms with Crippen LogP contribution in [0.2, 0.25) is 0 Å². The van der Waals surface area contributed by atoms with Gasteiger partial charge in [-0.3, -0.25) is 4.79 Å². The summed E-state index contributed by atoms with van der Waals surface area (Å²) in [6, 6.07) is 14.6. The lowest BCUT2D eigenvalue weighted by atomic mass is 10.1. The molecule has 0 aromatic heterocycles. The van der Waals surface area contributed by atoms with Gasteiger partial charge in [0.15, 0.2) is 0 Å². The lowest BCUT2D eigenvalue weighted by molar-refractivity contribution is 0.0916. The summed E-state index contributed by atoms with van der Waals surface area (Å²) < 4.78 is 0. The minimum Gasteiger partial charge on any atom is -0.398 e. The molecule has 1 atom stereocenters. The zero-order valence-electron chi connectivity index (χ0n) is 12.0. The molecule has 4 nitrogen and oxygen atoms in total. The molecule has 0 spiro atoms. The van der Waals surface area contributed by atoms with Crippen molar-refractivity contribution in [2.75, 3.05) is 12.3 Å². The number of aliphatic hydroxyl groups excluding tert-OH is 1. The second-order valence-electron chi connectivity index (χ2n) is 5.11. The Hall–Kier alpha value is -2.33. The molecule has 0 aliphatic rings. The van der Waals surface area contributed by atoms with Gasteiger partial charge in [-0.15, -0.1) is 0 Å². The van der Waals surface area contributed by atoms with E-state index in [1.807, 2.05) is 43.3 Å². The number of benzene rings is 2. The number of carbonyl (C=O) groups excluding carboxylic acids is 1. The van der Waals surface area contributed by atoms with Crippen LogP contribution in [-0.2, 0) is 6.42 Å². The summed E-state index contributed by atoms with van der Waals surface area (Å²) in [6.45, 7) is 1.78. The van der Waals surface area contributed by atoms with Crippen molar-refractivity contribution in [2.45, 2.75) is 19.4 Å². The average Bonchev–Trinajstić information content (AvgIpc) is 2.50. The van der Waals surface area contributed by atoms with Crippen LogP contribution in [0, 0.1) is 6.92 Å². The molecule has 0 fully saturated rings. The van der Waals surface area contributed by atoms with Gasteiger partial charge in [-0.1, -0.05) is 36.4 Å². The Balaban J connectivity index is 2.04. The highest BCUT2D eigenvalue weighted by Gasteiger charge is 2.14. The number of anilines is 1. The number of nitrogens with one attached hydrogen (secondary N) is 1. The summed E-state index contributed by atoms with van der Waals surface area (Å²) in [5.74, 6) is -0.225. The van der Waals surface area contributed by atoms with Crippen molar-refractivity contribution in [3.8, 4) is 0 Å². The second-order valence-corrected chi connectivity index (χ2v) is 5.11. The van der Waals surface area contributed by atoms with Gasteiger partial charge in [0.05, 0.1) is 12.6 Å². The molecular weight excluding hydrogens is 264 g/mol. The fraction of sp³-hybridized carbons (Fsp3) is 0.235. The molecule has 2 aromatic carbocycles. The Labute approximate surface area is 124 Å². The van der Waals surface area contributed by atoms with Crippen molar-refractivity contribution < 1.29 is 9.90 Å². The number of amides is 1. The topological polar surface area (TPSA) is 75.3 Å². The van der Waals surface area contributed by atoms with Crippen molar-refractivity contribution in [1.29, 1.82) is 0 Å². The molecule has 0 radical (unpaired) electrons. The lowest BCUT2D eigenvalue weighted by Crippen LogP contribution is -2.39. The third kappa shape index (κ3) is 4.07. The van der Waals surface area contributed by atoms with Crippen LogP contribution in [-0.4, -0.2) is 23.7 Å². The Kier molecular flexibility index (Phi) is 4.95. The molecule has 1 amide bonds. The van der Waals surface area contributed by atoms with E-state index in [1.54, 1.807) is 12.1 Å². The van der Waals surface area contributed by atoms with Gasteiger partial charge in [0.25, 0.3) is 5.91 Å². The average molecular weight is 284 g/mol.